The first-order chi connectivity index (χ1) is 10.2. The molecule has 0 saturated carbocycles. The quantitative estimate of drug-likeness (QED) is 0.833. The van der Waals surface area contributed by atoms with Crippen LogP contribution < -0.4 is 10.1 Å². The van der Waals surface area contributed by atoms with Crippen molar-refractivity contribution in [3.05, 3.63) is 46.7 Å². The van der Waals surface area contributed by atoms with E-state index in [4.69, 9.17) is 9.47 Å². The van der Waals surface area contributed by atoms with Crippen molar-refractivity contribution in [3.8, 4) is 5.75 Å². The summed E-state index contributed by atoms with van der Waals surface area (Å²) in [7, 11) is 0. The van der Waals surface area contributed by atoms with Crippen molar-refractivity contribution < 1.29 is 19.1 Å². The third-order valence-corrected chi connectivity index (χ3v) is 3.24. The Kier molecular flexibility index (Phi) is 5.34. The Hall–Kier alpha value is -2.34. The Labute approximate surface area is 126 Å². The van der Waals surface area contributed by atoms with Crippen LogP contribution in [0, 0.1) is 0 Å². The van der Waals surface area contributed by atoms with Gasteiger partial charge in [0.05, 0.1) is 17.9 Å². The van der Waals surface area contributed by atoms with Crippen molar-refractivity contribution in [2.75, 3.05) is 18.5 Å². The van der Waals surface area contributed by atoms with E-state index in [2.05, 4.69) is 5.32 Å². The van der Waals surface area contributed by atoms with Gasteiger partial charge in [0.1, 0.15) is 5.75 Å². The third kappa shape index (κ3) is 4.32. The molecule has 21 heavy (non-hydrogen) atoms. The molecule has 1 N–H and O–H groups in total. The molecule has 0 aliphatic carbocycles. The molecule has 0 radical (unpaired) electrons. The van der Waals surface area contributed by atoms with E-state index >= 15 is 0 Å². The molecule has 0 atom stereocenters. The van der Waals surface area contributed by atoms with Crippen molar-refractivity contribution in [2.45, 2.75) is 6.92 Å². The predicted octanol–water partition coefficient (Wildman–Crippen LogP) is 2.94. The number of hydrogen-bond donors (Lipinski definition) is 1. The summed E-state index contributed by atoms with van der Waals surface area (Å²) in [5.41, 5.74) is 0.999. The van der Waals surface area contributed by atoms with Gasteiger partial charge in [0.15, 0.2) is 6.61 Å². The highest BCUT2D eigenvalue weighted by atomic mass is 32.1. The zero-order valence-electron chi connectivity index (χ0n) is 11.5. The maximum absolute atomic E-state index is 11.8. The van der Waals surface area contributed by atoms with Gasteiger partial charge in [-0.1, -0.05) is 12.1 Å². The molecular weight excluding hydrogens is 290 g/mol. The molecule has 0 saturated heterocycles. The number of carbonyl (C=O) groups is 2. The van der Waals surface area contributed by atoms with Crippen LogP contribution in [0.25, 0.3) is 0 Å². The fraction of sp³-hybridized carbons (Fsp3) is 0.200. The minimum absolute atomic E-state index is 0.338. The van der Waals surface area contributed by atoms with E-state index in [9.17, 15) is 9.59 Å². The molecule has 1 aromatic carbocycles. The second-order valence-corrected chi connectivity index (χ2v) is 4.85. The number of hydrogen-bond acceptors (Lipinski definition) is 5. The number of carbonyl (C=O) groups excluding carboxylic acids is 2. The summed E-state index contributed by atoms with van der Waals surface area (Å²) >= 11 is 1.39. The first-order valence-corrected chi connectivity index (χ1v) is 7.36. The molecular formula is C15H15NO4S. The monoisotopic (exact) mass is 305 g/mol. The van der Waals surface area contributed by atoms with Gasteiger partial charge in [-0.25, -0.2) is 4.79 Å². The van der Waals surface area contributed by atoms with E-state index in [-0.39, 0.29) is 6.61 Å². The lowest BCUT2D eigenvalue weighted by Crippen LogP contribution is -2.21. The smallest absolute Gasteiger partial charge is 0.339 e. The molecule has 2 aromatic rings. The predicted molar refractivity (Wildman–Crippen MR) is 80.8 cm³/mol. The minimum Gasteiger partial charge on any atom is -0.492 e. The average Bonchev–Trinajstić information content (AvgIpc) is 3.01. The average molecular weight is 305 g/mol. The first-order valence-electron chi connectivity index (χ1n) is 6.41. The summed E-state index contributed by atoms with van der Waals surface area (Å²) in [5.74, 6) is -0.340. The van der Waals surface area contributed by atoms with E-state index in [0.29, 0.717) is 23.6 Å². The fourth-order valence-electron chi connectivity index (χ4n) is 1.63. The molecule has 0 bridgehead atoms. The van der Waals surface area contributed by atoms with E-state index in [0.717, 1.165) is 0 Å². The maximum Gasteiger partial charge on any atom is 0.339 e. The van der Waals surface area contributed by atoms with Crippen molar-refractivity contribution in [1.29, 1.82) is 0 Å². The molecule has 1 amide bonds. The Morgan fingerprint density at radius 2 is 2.05 bits per heavy atom. The lowest BCUT2D eigenvalue weighted by molar-refractivity contribution is -0.119. The van der Waals surface area contributed by atoms with Crippen LogP contribution in [0.5, 0.6) is 5.75 Å². The van der Waals surface area contributed by atoms with Crippen LogP contribution >= 0.6 is 11.3 Å². The summed E-state index contributed by atoms with van der Waals surface area (Å²) < 4.78 is 10.3. The molecule has 0 unspecified atom stereocenters. The molecule has 0 aliphatic heterocycles. The van der Waals surface area contributed by atoms with Gasteiger partial charge in [0, 0.05) is 5.38 Å². The van der Waals surface area contributed by atoms with Gasteiger partial charge in [-0.3, -0.25) is 4.79 Å². The highest BCUT2D eigenvalue weighted by Crippen LogP contribution is 2.23. The van der Waals surface area contributed by atoms with Gasteiger partial charge >= 0.3 is 5.97 Å². The van der Waals surface area contributed by atoms with Gasteiger partial charge in [0.2, 0.25) is 0 Å². The Morgan fingerprint density at radius 3 is 2.76 bits per heavy atom. The number of ether oxygens (including phenoxy) is 2. The number of thiophene rings is 1. The summed E-state index contributed by atoms with van der Waals surface area (Å²) in [4.78, 5) is 23.4. The Balaban J connectivity index is 1.89. The van der Waals surface area contributed by atoms with Crippen molar-refractivity contribution >= 4 is 28.9 Å². The summed E-state index contributed by atoms with van der Waals surface area (Å²) in [5, 5.41) is 6.10. The van der Waals surface area contributed by atoms with Gasteiger partial charge in [0.25, 0.3) is 5.91 Å². The van der Waals surface area contributed by atoms with Crippen molar-refractivity contribution in [1.82, 2.24) is 0 Å². The van der Waals surface area contributed by atoms with E-state index in [1.165, 1.54) is 11.3 Å². The largest absolute Gasteiger partial charge is 0.492 e. The molecule has 110 valence electrons. The molecule has 6 heteroatoms. The topological polar surface area (TPSA) is 64.6 Å². The zero-order valence-corrected chi connectivity index (χ0v) is 12.3. The molecule has 0 fully saturated rings. The lowest BCUT2D eigenvalue weighted by atomic mass is 10.3. The number of amides is 1. The van der Waals surface area contributed by atoms with Crippen LogP contribution in [0.2, 0.25) is 0 Å². The highest BCUT2D eigenvalue weighted by Gasteiger charge is 2.12. The standard InChI is InChI=1S/C15H15NO4S/c1-2-19-13-6-4-3-5-12(13)16-14(17)9-20-15(18)11-7-8-21-10-11/h3-8,10H,2,9H2,1H3,(H,16,17). The highest BCUT2D eigenvalue weighted by molar-refractivity contribution is 7.08. The van der Waals surface area contributed by atoms with Crippen molar-refractivity contribution in [3.63, 3.8) is 0 Å². The third-order valence-electron chi connectivity index (χ3n) is 2.55. The van der Waals surface area contributed by atoms with Crippen LogP contribution in [-0.4, -0.2) is 25.1 Å². The van der Waals surface area contributed by atoms with Crippen LogP contribution in [0.3, 0.4) is 0 Å². The molecule has 0 spiro atoms. The lowest BCUT2D eigenvalue weighted by Gasteiger charge is -2.11. The van der Waals surface area contributed by atoms with E-state index in [1.54, 1.807) is 35.0 Å². The molecule has 0 aliphatic rings. The second-order valence-electron chi connectivity index (χ2n) is 4.07. The van der Waals surface area contributed by atoms with E-state index < -0.39 is 11.9 Å². The van der Waals surface area contributed by atoms with Crippen LogP contribution in [0.15, 0.2) is 41.1 Å². The number of benzene rings is 1. The summed E-state index contributed by atoms with van der Waals surface area (Å²) in [6.45, 7) is 2.02. The van der Waals surface area contributed by atoms with Gasteiger partial charge in [-0.2, -0.15) is 11.3 Å². The zero-order chi connectivity index (χ0) is 15.1. The summed E-state index contributed by atoms with van der Waals surface area (Å²) in [6, 6.07) is 8.74. The number of esters is 1. The maximum atomic E-state index is 11.8. The van der Waals surface area contributed by atoms with E-state index in [1.807, 2.05) is 13.0 Å². The Morgan fingerprint density at radius 1 is 1.24 bits per heavy atom. The Bertz CT molecular complexity index is 610. The number of anilines is 1. The normalized spacial score (nSPS) is 9.95. The number of para-hydroxylation sites is 2. The van der Waals surface area contributed by atoms with Gasteiger partial charge in [-0.15, -0.1) is 0 Å². The van der Waals surface area contributed by atoms with Crippen LogP contribution in [-0.2, 0) is 9.53 Å². The first kappa shape index (κ1) is 15.1. The number of nitrogens with one attached hydrogen (secondary N) is 1. The molecule has 1 aromatic heterocycles. The summed E-state index contributed by atoms with van der Waals surface area (Å²) in [6.07, 6.45) is 0. The van der Waals surface area contributed by atoms with Gasteiger partial charge in [-0.05, 0) is 30.5 Å². The fourth-order valence-corrected chi connectivity index (χ4v) is 2.26. The number of rotatable bonds is 6. The molecule has 1 heterocycles. The van der Waals surface area contributed by atoms with Crippen LogP contribution in [0.1, 0.15) is 17.3 Å². The molecule has 5 nitrogen and oxygen atoms in total. The second kappa shape index (κ2) is 7.44. The molecule has 2 rings (SSSR count). The minimum atomic E-state index is -0.510. The van der Waals surface area contributed by atoms with Crippen molar-refractivity contribution in [2.24, 2.45) is 0 Å². The SMILES string of the molecule is CCOc1ccccc1NC(=O)COC(=O)c1ccsc1. The van der Waals surface area contributed by atoms with Crippen LogP contribution in [0.4, 0.5) is 5.69 Å². The van der Waals surface area contributed by atoms with Gasteiger partial charge < -0.3 is 14.8 Å².